The SMILES string of the molecule is C[Si]1(C)c2ccc3oc4ccccc4c3c2-c2cccc(N(c3ccc(-c4ccccc4)cc3)c3cccc(-c4ccc5ccccc5c4)c3)c21. The predicted octanol–water partition coefficient (Wildman–Crippen LogP) is 12.3. The summed E-state index contributed by atoms with van der Waals surface area (Å²) in [5, 5.41) is 7.84. The molecule has 0 unspecified atom stereocenters. The number of rotatable bonds is 5. The number of furan rings is 1. The van der Waals surface area contributed by atoms with E-state index in [0.717, 1.165) is 22.5 Å². The van der Waals surface area contributed by atoms with Gasteiger partial charge >= 0.3 is 0 Å². The van der Waals surface area contributed by atoms with E-state index < -0.39 is 8.07 Å². The minimum Gasteiger partial charge on any atom is -0.456 e. The second kappa shape index (κ2) is 11.4. The molecule has 0 saturated heterocycles. The Kier molecular flexibility index (Phi) is 6.67. The molecule has 0 radical (unpaired) electrons. The third kappa shape index (κ3) is 4.70. The Morgan fingerprint density at radius 3 is 2.02 bits per heavy atom. The molecule has 51 heavy (non-hydrogen) atoms. The second-order valence-corrected chi connectivity index (χ2v) is 18.4. The van der Waals surface area contributed by atoms with Crippen molar-refractivity contribution in [2.75, 3.05) is 4.90 Å². The highest BCUT2D eigenvalue weighted by molar-refractivity contribution is 7.05. The number of anilines is 3. The smallest absolute Gasteiger partial charge is 0.136 e. The van der Waals surface area contributed by atoms with E-state index in [1.54, 1.807) is 0 Å². The number of benzene rings is 8. The molecule has 9 aromatic rings. The van der Waals surface area contributed by atoms with Crippen LogP contribution in [0.1, 0.15) is 0 Å². The van der Waals surface area contributed by atoms with Crippen molar-refractivity contribution < 1.29 is 4.42 Å². The van der Waals surface area contributed by atoms with Crippen LogP contribution in [0.4, 0.5) is 17.1 Å². The monoisotopic (exact) mass is 669 g/mol. The molecular weight excluding hydrogens is 635 g/mol. The van der Waals surface area contributed by atoms with Crippen LogP contribution in [-0.4, -0.2) is 8.07 Å². The van der Waals surface area contributed by atoms with Gasteiger partial charge in [0.25, 0.3) is 0 Å². The summed E-state index contributed by atoms with van der Waals surface area (Å²) in [4.78, 5) is 2.49. The first kappa shape index (κ1) is 29.7. The number of fused-ring (bicyclic) bond motifs is 8. The molecule has 8 aromatic carbocycles. The zero-order valence-corrected chi connectivity index (χ0v) is 29.6. The van der Waals surface area contributed by atoms with Crippen LogP contribution in [0.15, 0.2) is 180 Å². The van der Waals surface area contributed by atoms with Gasteiger partial charge in [0, 0.05) is 27.8 Å². The molecule has 3 heteroatoms. The molecule has 0 amide bonds. The highest BCUT2D eigenvalue weighted by atomic mass is 28.3. The molecule has 0 saturated carbocycles. The molecule has 0 fully saturated rings. The topological polar surface area (TPSA) is 16.4 Å². The Bertz CT molecular complexity index is 2780. The summed E-state index contributed by atoms with van der Waals surface area (Å²) in [6, 6.07) is 64.0. The van der Waals surface area contributed by atoms with Crippen LogP contribution in [0.25, 0.3) is 66.1 Å². The van der Waals surface area contributed by atoms with Gasteiger partial charge in [-0.2, -0.15) is 0 Å². The predicted molar refractivity (Wildman–Crippen MR) is 219 cm³/mol. The Morgan fingerprint density at radius 2 is 1.16 bits per heavy atom. The summed E-state index contributed by atoms with van der Waals surface area (Å²) in [6.07, 6.45) is 0. The fourth-order valence-corrected chi connectivity index (χ4v) is 11.8. The number of nitrogens with zero attached hydrogens (tertiary/aromatic N) is 1. The second-order valence-electron chi connectivity index (χ2n) is 14.1. The van der Waals surface area contributed by atoms with Crippen LogP contribution in [-0.2, 0) is 0 Å². The first-order valence-electron chi connectivity index (χ1n) is 17.7. The zero-order chi connectivity index (χ0) is 34.1. The number of para-hydroxylation sites is 1. The average Bonchev–Trinajstić information content (AvgIpc) is 3.68. The van der Waals surface area contributed by atoms with Gasteiger partial charge < -0.3 is 9.32 Å². The summed E-state index contributed by atoms with van der Waals surface area (Å²) < 4.78 is 6.41. The summed E-state index contributed by atoms with van der Waals surface area (Å²) >= 11 is 0. The minimum absolute atomic E-state index is 0.940. The molecule has 0 aliphatic carbocycles. The van der Waals surface area contributed by atoms with Gasteiger partial charge in [-0.25, -0.2) is 0 Å². The lowest BCUT2D eigenvalue weighted by molar-refractivity contribution is 0.669. The summed E-state index contributed by atoms with van der Waals surface area (Å²) in [5.41, 5.74) is 12.9. The lowest BCUT2D eigenvalue weighted by Crippen LogP contribution is -2.50. The Hall–Kier alpha value is -6.16. The molecule has 242 valence electrons. The van der Waals surface area contributed by atoms with Gasteiger partial charge in [-0.15, -0.1) is 0 Å². The van der Waals surface area contributed by atoms with E-state index in [0.29, 0.717) is 0 Å². The van der Waals surface area contributed by atoms with Gasteiger partial charge in [0.1, 0.15) is 19.2 Å². The highest BCUT2D eigenvalue weighted by Gasteiger charge is 2.42. The third-order valence-electron chi connectivity index (χ3n) is 10.8. The van der Waals surface area contributed by atoms with Crippen LogP contribution >= 0.6 is 0 Å². The minimum atomic E-state index is -2.19. The first-order chi connectivity index (χ1) is 25.0. The van der Waals surface area contributed by atoms with Crippen molar-refractivity contribution in [1.82, 2.24) is 0 Å². The quantitative estimate of drug-likeness (QED) is 0.170. The van der Waals surface area contributed by atoms with Crippen molar-refractivity contribution >= 4 is 68.2 Å². The van der Waals surface area contributed by atoms with E-state index in [-0.39, 0.29) is 0 Å². The van der Waals surface area contributed by atoms with Gasteiger partial charge in [-0.3, -0.25) is 0 Å². The summed E-state index contributed by atoms with van der Waals surface area (Å²) in [5.74, 6) is 0. The van der Waals surface area contributed by atoms with E-state index in [9.17, 15) is 0 Å². The summed E-state index contributed by atoms with van der Waals surface area (Å²) in [6.45, 7) is 5.02. The first-order valence-corrected chi connectivity index (χ1v) is 20.7. The molecule has 1 aliphatic rings. The van der Waals surface area contributed by atoms with Crippen molar-refractivity contribution in [3.05, 3.63) is 176 Å². The normalized spacial score (nSPS) is 13.1. The standard InChI is InChI=1S/C48H35NOSi/c1-51(2)45-29-28-44-46(40-18-8-9-21-43(40)50-44)47(45)41-19-11-20-42(48(41)51)49(38-26-24-34(25-27-38)32-12-4-3-5-13-32)39-17-10-16-36(31-39)37-23-22-33-14-6-7-15-35(33)30-37/h3-31H,1-2H3. The Balaban J connectivity index is 1.19. The largest absolute Gasteiger partial charge is 0.456 e. The Morgan fingerprint density at radius 1 is 0.471 bits per heavy atom. The van der Waals surface area contributed by atoms with E-state index in [4.69, 9.17) is 4.42 Å². The van der Waals surface area contributed by atoms with Crippen LogP contribution in [0.5, 0.6) is 0 Å². The molecule has 0 N–H and O–H groups in total. The van der Waals surface area contributed by atoms with Gasteiger partial charge in [0.2, 0.25) is 0 Å². The third-order valence-corrected chi connectivity index (χ3v) is 14.4. The van der Waals surface area contributed by atoms with Crippen molar-refractivity contribution in [2.24, 2.45) is 0 Å². The van der Waals surface area contributed by atoms with Gasteiger partial charge in [-0.1, -0.05) is 140 Å². The van der Waals surface area contributed by atoms with Crippen LogP contribution in [0.2, 0.25) is 13.1 Å². The van der Waals surface area contributed by atoms with Crippen molar-refractivity contribution in [3.63, 3.8) is 0 Å². The molecule has 10 rings (SSSR count). The molecule has 2 nitrogen and oxygen atoms in total. The summed E-state index contributed by atoms with van der Waals surface area (Å²) in [7, 11) is -2.19. The molecule has 0 bridgehead atoms. The van der Waals surface area contributed by atoms with Gasteiger partial charge in [-0.05, 0) is 103 Å². The van der Waals surface area contributed by atoms with Crippen LogP contribution < -0.4 is 15.3 Å². The van der Waals surface area contributed by atoms with E-state index in [1.165, 1.54) is 71.0 Å². The highest BCUT2D eigenvalue weighted by Crippen LogP contribution is 2.44. The van der Waals surface area contributed by atoms with Crippen molar-refractivity contribution in [2.45, 2.75) is 13.1 Å². The van der Waals surface area contributed by atoms with Gasteiger partial charge in [0.15, 0.2) is 0 Å². The molecule has 0 spiro atoms. The fraction of sp³-hybridized carbons (Fsp3) is 0.0417. The maximum absolute atomic E-state index is 6.41. The number of hydrogen-bond donors (Lipinski definition) is 0. The Labute approximate surface area is 298 Å². The lowest BCUT2D eigenvalue weighted by atomic mass is 9.98. The van der Waals surface area contributed by atoms with E-state index in [1.807, 2.05) is 0 Å². The van der Waals surface area contributed by atoms with E-state index >= 15 is 0 Å². The average molecular weight is 670 g/mol. The maximum Gasteiger partial charge on any atom is 0.136 e. The van der Waals surface area contributed by atoms with Crippen LogP contribution in [0, 0.1) is 0 Å². The molecular formula is C48H35NOSi. The van der Waals surface area contributed by atoms with Gasteiger partial charge in [0.05, 0.1) is 0 Å². The zero-order valence-electron chi connectivity index (χ0n) is 28.6. The molecule has 1 aromatic heterocycles. The van der Waals surface area contributed by atoms with Crippen LogP contribution in [0.3, 0.4) is 0 Å². The fourth-order valence-electron chi connectivity index (χ4n) is 8.40. The molecule has 2 heterocycles. The maximum atomic E-state index is 6.41. The van der Waals surface area contributed by atoms with E-state index in [2.05, 4.69) is 194 Å². The van der Waals surface area contributed by atoms with Crippen molar-refractivity contribution in [1.29, 1.82) is 0 Å². The number of hydrogen-bond acceptors (Lipinski definition) is 2. The molecule has 0 atom stereocenters. The molecule has 1 aliphatic heterocycles. The van der Waals surface area contributed by atoms with Crippen molar-refractivity contribution in [3.8, 4) is 33.4 Å². The lowest BCUT2D eigenvalue weighted by Gasteiger charge is -2.31.